The van der Waals surface area contributed by atoms with Crippen LogP contribution in [0.2, 0.25) is 0 Å². The van der Waals surface area contributed by atoms with Crippen molar-refractivity contribution in [1.82, 2.24) is 5.32 Å². The summed E-state index contributed by atoms with van der Waals surface area (Å²) in [4.78, 5) is 11.7. The molecule has 1 saturated carbocycles. The number of esters is 1. The molecule has 0 aromatic heterocycles. The van der Waals surface area contributed by atoms with Gasteiger partial charge in [-0.15, -0.1) is 0 Å². The van der Waals surface area contributed by atoms with E-state index >= 15 is 0 Å². The molecule has 2 rings (SSSR count). The minimum absolute atomic E-state index is 0.231. The molecule has 4 heteroatoms. The normalized spacial score (nSPS) is 16.9. The van der Waals surface area contributed by atoms with E-state index in [1.54, 1.807) is 0 Å². The fraction of sp³-hybridized carbons (Fsp3) is 0.417. The molecule has 3 nitrogen and oxygen atoms in total. The van der Waals surface area contributed by atoms with Crippen LogP contribution in [0.15, 0.2) is 28.7 Å². The van der Waals surface area contributed by atoms with Gasteiger partial charge in [0.25, 0.3) is 0 Å². The van der Waals surface area contributed by atoms with Crippen molar-refractivity contribution in [3.05, 3.63) is 34.3 Å². The summed E-state index contributed by atoms with van der Waals surface area (Å²) in [6.07, 6.45) is 2.28. The summed E-state index contributed by atoms with van der Waals surface area (Å²) in [5, 5.41) is 3.29. The highest BCUT2D eigenvalue weighted by atomic mass is 79.9. The molecule has 0 aliphatic heterocycles. The van der Waals surface area contributed by atoms with Crippen molar-refractivity contribution in [3.63, 3.8) is 0 Å². The predicted octanol–water partition coefficient (Wildman–Crippen LogP) is 2.42. The summed E-state index contributed by atoms with van der Waals surface area (Å²) < 4.78 is 5.79. The molecule has 1 N–H and O–H groups in total. The van der Waals surface area contributed by atoms with E-state index in [0.29, 0.717) is 6.04 Å². The molecule has 0 spiro atoms. The molecule has 0 heterocycles. The van der Waals surface area contributed by atoms with Crippen LogP contribution >= 0.6 is 15.9 Å². The Hall–Kier alpha value is -0.870. The first-order chi connectivity index (χ1) is 7.70. The van der Waals surface area contributed by atoms with Gasteiger partial charge in [0.2, 0.25) is 0 Å². The summed E-state index contributed by atoms with van der Waals surface area (Å²) in [6, 6.07) is 7.84. The quantitative estimate of drug-likeness (QED) is 0.863. The molecule has 1 atom stereocenters. The van der Waals surface area contributed by atoms with Crippen molar-refractivity contribution in [3.8, 4) is 0 Å². The zero-order valence-corrected chi connectivity index (χ0v) is 10.7. The first-order valence-electron chi connectivity index (χ1n) is 5.30. The number of benzene rings is 1. The topological polar surface area (TPSA) is 38.3 Å². The number of rotatable bonds is 4. The summed E-state index contributed by atoms with van der Waals surface area (Å²) in [7, 11) is 1.42. The Bertz CT molecular complexity index is 390. The molecule has 86 valence electrons. The average molecular weight is 284 g/mol. The van der Waals surface area contributed by atoms with Crippen LogP contribution in [-0.2, 0) is 9.53 Å². The molecule has 1 aliphatic rings. The lowest BCUT2D eigenvalue weighted by molar-refractivity contribution is -0.143. The van der Waals surface area contributed by atoms with Crippen molar-refractivity contribution < 1.29 is 9.53 Å². The third kappa shape index (κ3) is 2.83. The number of nitrogens with one attached hydrogen (secondary N) is 1. The van der Waals surface area contributed by atoms with Gasteiger partial charge in [-0.3, -0.25) is 5.32 Å². The molecule has 0 radical (unpaired) electrons. The molecule has 1 aromatic carbocycles. The molecular formula is C12H14BrNO2. The zero-order valence-electron chi connectivity index (χ0n) is 9.07. The van der Waals surface area contributed by atoms with Crippen LogP contribution < -0.4 is 5.32 Å². The Labute approximate surface area is 103 Å². The molecule has 0 saturated heterocycles. The Balaban J connectivity index is 2.19. The maximum Gasteiger partial charge on any atom is 0.327 e. The van der Waals surface area contributed by atoms with Crippen LogP contribution in [0, 0.1) is 0 Å². The first-order valence-corrected chi connectivity index (χ1v) is 6.09. The molecule has 16 heavy (non-hydrogen) atoms. The number of halogens is 1. The minimum atomic E-state index is -0.352. The standard InChI is InChI=1S/C12H14BrNO2/c1-16-12(15)11(14-10-5-6-10)8-3-2-4-9(13)7-8/h2-4,7,10-11,14H,5-6H2,1H3. The number of methoxy groups -OCH3 is 1. The average Bonchev–Trinajstić information content (AvgIpc) is 3.08. The van der Waals surface area contributed by atoms with Crippen LogP contribution in [0.1, 0.15) is 24.4 Å². The predicted molar refractivity (Wildman–Crippen MR) is 65.1 cm³/mol. The number of carbonyl (C=O) groups excluding carboxylic acids is 1. The van der Waals surface area contributed by atoms with Gasteiger partial charge >= 0.3 is 5.97 Å². The fourth-order valence-electron chi connectivity index (χ4n) is 1.59. The molecule has 1 aromatic rings. The van der Waals surface area contributed by atoms with Crippen LogP contribution in [-0.4, -0.2) is 19.1 Å². The van der Waals surface area contributed by atoms with E-state index in [4.69, 9.17) is 4.74 Å². The Morgan fingerprint density at radius 2 is 2.31 bits per heavy atom. The van der Waals surface area contributed by atoms with Crippen LogP contribution in [0.5, 0.6) is 0 Å². The highest BCUT2D eigenvalue weighted by molar-refractivity contribution is 9.10. The van der Waals surface area contributed by atoms with E-state index < -0.39 is 0 Å². The van der Waals surface area contributed by atoms with E-state index in [1.165, 1.54) is 7.11 Å². The molecule has 1 fully saturated rings. The Kier molecular flexibility index (Phi) is 3.61. The van der Waals surface area contributed by atoms with E-state index in [9.17, 15) is 4.79 Å². The van der Waals surface area contributed by atoms with Gasteiger partial charge in [-0.1, -0.05) is 28.1 Å². The summed E-state index contributed by atoms with van der Waals surface area (Å²) in [6.45, 7) is 0. The summed E-state index contributed by atoms with van der Waals surface area (Å²) in [5.74, 6) is -0.231. The minimum Gasteiger partial charge on any atom is -0.468 e. The van der Waals surface area contributed by atoms with Gasteiger partial charge in [-0.25, -0.2) is 4.79 Å². The van der Waals surface area contributed by atoms with Gasteiger partial charge in [0.15, 0.2) is 0 Å². The van der Waals surface area contributed by atoms with Gasteiger partial charge in [-0.05, 0) is 30.5 Å². The Morgan fingerprint density at radius 1 is 1.56 bits per heavy atom. The summed E-state index contributed by atoms with van der Waals surface area (Å²) >= 11 is 3.40. The van der Waals surface area contributed by atoms with Gasteiger partial charge in [-0.2, -0.15) is 0 Å². The van der Waals surface area contributed by atoms with Gasteiger partial charge in [0.05, 0.1) is 7.11 Å². The molecule has 1 unspecified atom stereocenters. The summed E-state index contributed by atoms with van der Waals surface area (Å²) in [5.41, 5.74) is 0.938. The molecular weight excluding hydrogens is 270 g/mol. The van der Waals surface area contributed by atoms with Crippen LogP contribution in [0.4, 0.5) is 0 Å². The lowest BCUT2D eigenvalue weighted by Crippen LogP contribution is -2.31. The molecule has 0 amide bonds. The second kappa shape index (κ2) is 4.97. The van der Waals surface area contributed by atoms with Crippen molar-refractivity contribution in [2.45, 2.75) is 24.9 Å². The monoisotopic (exact) mass is 283 g/mol. The van der Waals surface area contributed by atoms with Crippen molar-refractivity contribution in [2.24, 2.45) is 0 Å². The van der Waals surface area contributed by atoms with Crippen molar-refractivity contribution >= 4 is 21.9 Å². The van der Waals surface area contributed by atoms with Crippen LogP contribution in [0.3, 0.4) is 0 Å². The lowest BCUT2D eigenvalue weighted by Gasteiger charge is -2.16. The smallest absolute Gasteiger partial charge is 0.327 e. The number of hydrogen-bond donors (Lipinski definition) is 1. The van der Waals surface area contributed by atoms with Crippen molar-refractivity contribution in [2.75, 3.05) is 7.11 Å². The largest absolute Gasteiger partial charge is 0.468 e. The number of carbonyl (C=O) groups is 1. The zero-order chi connectivity index (χ0) is 11.5. The van der Waals surface area contributed by atoms with E-state index in [0.717, 1.165) is 22.9 Å². The Morgan fingerprint density at radius 3 is 2.88 bits per heavy atom. The van der Waals surface area contributed by atoms with E-state index in [2.05, 4.69) is 21.2 Å². The highest BCUT2D eigenvalue weighted by Gasteiger charge is 2.29. The fourth-order valence-corrected chi connectivity index (χ4v) is 2.01. The number of hydrogen-bond acceptors (Lipinski definition) is 3. The SMILES string of the molecule is COC(=O)C(NC1CC1)c1cccc(Br)c1. The maximum atomic E-state index is 11.7. The third-order valence-electron chi connectivity index (χ3n) is 2.60. The van der Waals surface area contributed by atoms with Gasteiger partial charge < -0.3 is 4.74 Å². The lowest BCUT2D eigenvalue weighted by atomic mass is 10.1. The third-order valence-corrected chi connectivity index (χ3v) is 3.09. The van der Waals surface area contributed by atoms with Gasteiger partial charge in [0.1, 0.15) is 6.04 Å². The second-order valence-corrected chi connectivity index (χ2v) is 4.87. The number of ether oxygens (including phenoxy) is 1. The second-order valence-electron chi connectivity index (χ2n) is 3.95. The van der Waals surface area contributed by atoms with Crippen molar-refractivity contribution in [1.29, 1.82) is 0 Å². The maximum absolute atomic E-state index is 11.7. The van der Waals surface area contributed by atoms with Crippen LogP contribution in [0.25, 0.3) is 0 Å². The van der Waals surface area contributed by atoms with Gasteiger partial charge in [0, 0.05) is 10.5 Å². The van der Waals surface area contributed by atoms with E-state index in [-0.39, 0.29) is 12.0 Å². The molecule has 0 bridgehead atoms. The molecule has 1 aliphatic carbocycles. The highest BCUT2D eigenvalue weighted by Crippen LogP contribution is 2.26. The first kappa shape index (κ1) is 11.6. The van der Waals surface area contributed by atoms with E-state index in [1.807, 2.05) is 24.3 Å².